The minimum atomic E-state index is -4.74. The lowest BCUT2D eigenvalue weighted by Gasteiger charge is -2.13. The maximum Gasteiger partial charge on any atom is 0.573 e. The van der Waals surface area contributed by atoms with Crippen LogP contribution in [-0.2, 0) is 6.42 Å². The van der Waals surface area contributed by atoms with Crippen molar-refractivity contribution < 1.29 is 17.9 Å². The monoisotopic (exact) mass is 457 g/mol. The quantitative estimate of drug-likeness (QED) is 0.381. The van der Waals surface area contributed by atoms with Gasteiger partial charge in [0.2, 0.25) is 5.95 Å². The molecule has 0 bridgehead atoms. The molecule has 1 aromatic carbocycles. The summed E-state index contributed by atoms with van der Waals surface area (Å²) in [5.74, 6) is 0.531. The lowest BCUT2D eigenvalue weighted by atomic mass is 10.3. The van der Waals surface area contributed by atoms with Crippen LogP contribution < -0.4 is 15.4 Å². The van der Waals surface area contributed by atoms with Crippen molar-refractivity contribution in [3.05, 3.63) is 60.7 Å². The fourth-order valence-electron chi connectivity index (χ4n) is 3.20. The molecule has 3 aromatic heterocycles. The van der Waals surface area contributed by atoms with Crippen LogP contribution in [0.15, 0.2) is 55.0 Å². The second-order valence-electron chi connectivity index (χ2n) is 7.51. The highest BCUT2D eigenvalue weighted by Crippen LogP contribution is 2.27. The van der Waals surface area contributed by atoms with Gasteiger partial charge >= 0.3 is 6.36 Å². The van der Waals surface area contributed by atoms with Gasteiger partial charge in [0, 0.05) is 36.6 Å². The number of rotatable bonds is 8. The van der Waals surface area contributed by atoms with E-state index in [2.05, 4.69) is 35.3 Å². The molecule has 11 heteroatoms. The molecule has 33 heavy (non-hydrogen) atoms. The highest BCUT2D eigenvalue weighted by atomic mass is 19.4. The number of hydrogen-bond acceptors (Lipinski definition) is 7. The molecule has 0 amide bonds. The van der Waals surface area contributed by atoms with E-state index in [1.165, 1.54) is 24.3 Å². The van der Waals surface area contributed by atoms with E-state index in [0.29, 0.717) is 35.6 Å². The zero-order valence-electron chi connectivity index (χ0n) is 18.0. The van der Waals surface area contributed by atoms with Gasteiger partial charge in [-0.3, -0.25) is 4.98 Å². The molecule has 4 aromatic rings. The molecule has 4 rings (SSSR count). The normalized spacial score (nSPS) is 11.7. The smallest absolute Gasteiger partial charge is 0.406 e. The molecule has 8 nitrogen and oxygen atoms in total. The molecule has 0 spiro atoms. The van der Waals surface area contributed by atoms with E-state index in [1.807, 2.05) is 36.6 Å². The van der Waals surface area contributed by atoms with Crippen molar-refractivity contribution in [1.29, 1.82) is 0 Å². The van der Waals surface area contributed by atoms with Crippen molar-refractivity contribution in [1.82, 2.24) is 24.5 Å². The topological polar surface area (TPSA) is 89.8 Å². The third-order valence-corrected chi connectivity index (χ3v) is 4.72. The zero-order chi connectivity index (χ0) is 23.4. The molecule has 0 fully saturated rings. The minimum Gasteiger partial charge on any atom is -0.406 e. The van der Waals surface area contributed by atoms with Gasteiger partial charge in [0.1, 0.15) is 5.75 Å². The number of imidazole rings is 1. The van der Waals surface area contributed by atoms with Crippen LogP contribution in [-0.4, -0.2) is 37.4 Å². The van der Waals surface area contributed by atoms with Gasteiger partial charge in [-0.15, -0.1) is 13.2 Å². The highest BCUT2D eigenvalue weighted by Gasteiger charge is 2.31. The predicted molar refractivity (Wildman–Crippen MR) is 119 cm³/mol. The summed E-state index contributed by atoms with van der Waals surface area (Å²) in [6, 6.07) is 11.2. The number of anilines is 3. The number of aromatic nitrogens is 5. The molecule has 0 saturated carbocycles. The lowest BCUT2D eigenvalue weighted by Crippen LogP contribution is -2.17. The van der Waals surface area contributed by atoms with Gasteiger partial charge in [-0.2, -0.15) is 9.97 Å². The molecule has 0 saturated heterocycles. The van der Waals surface area contributed by atoms with Crippen LogP contribution in [0, 0.1) is 0 Å². The first-order valence-corrected chi connectivity index (χ1v) is 10.3. The molecule has 172 valence electrons. The van der Waals surface area contributed by atoms with Gasteiger partial charge in [0.25, 0.3) is 0 Å². The summed E-state index contributed by atoms with van der Waals surface area (Å²) in [6.45, 7) is 4.62. The number of ether oxygens (including phenoxy) is 1. The Bertz CT molecular complexity index is 1210. The van der Waals surface area contributed by atoms with E-state index in [4.69, 9.17) is 0 Å². The molecule has 3 heterocycles. The van der Waals surface area contributed by atoms with Crippen molar-refractivity contribution >= 4 is 28.6 Å². The van der Waals surface area contributed by atoms with Crippen LogP contribution >= 0.6 is 0 Å². The summed E-state index contributed by atoms with van der Waals surface area (Å²) in [6.07, 6.45) is -0.592. The molecule has 2 N–H and O–H groups in total. The number of hydrogen-bond donors (Lipinski definition) is 2. The number of halogens is 3. The SMILES string of the molecule is CC(C)n1cnc2c(NCCc3ccccn3)nc(Nc3ccc(OC(F)(F)F)cc3)nc21. The van der Waals surface area contributed by atoms with Crippen molar-refractivity contribution in [2.75, 3.05) is 17.2 Å². The fourth-order valence-corrected chi connectivity index (χ4v) is 3.20. The first-order chi connectivity index (χ1) is 15.8. The molecular weight excluding hydrogens is 435 g/mol. The van der Waals surface area contributed by atoms with E-state index >= 15 is 0 Å². The van der Waals surface area contributed by atoms with Gasteiger partial charge in [-0.25, -0.2) is 4.98 Å². The second kappa shape index (κ2) is 9.31. The summed E-state index contributed by atoms with van der Waals surface area (Å²) < 4.78 is 43.0. The molecule has 0 aliphatic heterocycles. The van der Waals surface area contributed by atoms with E-state index in [-0.39, 0.29) is 17.7 Å². The Morgan fingerprint density at radius 1 is 1.03 bits per heavy atom. The van der Waals surface area contributed by atoms with Crippen LogP contribution in [0.1, 0.15) is 25.6 Å². The maximum absolute atomic E-state index is 12.4. The standard InChI is InChI=1S/C22H22F3N7O/c1-14(2)32-13-28-18-19(27-12-10-15-5-3-4-11-26-15)30-21(31-20(18)32)29-16-6-8-17(9-7-16)33-22(23,24)25/h3-9,11,13-14H,10,12H2,1-2H3,(H2,27,29,30,31). The Hall–Kier alpha value is -3.89. The fraction of sp³-hybridized carbons (Fsp3) is 0.273. The first kappa shape index (κ1) is 22.3. The average molecular weight is 457 g/mol. The number of nitrogens with zero attached hydrogens (tertiary/aromatic N) is 5. The first-order valence-electron chi connectivity index (χ1n) is 10.3. The predicted octanol–water partition coefficient (Wildman–Crippen LogP) is 5.10. The minimum absolute atomic E-state index is 0.123. The number of pyridine rings is 1. The van der Waals surface area contributed by atoms with E-state index in [0.717, 1.165) is 5.69 Å². The van der Waals surface area contributed by atoms with E-state index < -0.39 is 6.36 Å². The van der Waals surface area contributed by atoms with Crippen molar-refractivity contribution in [3.8, 4) is 5.75 Å². The largest absolute Gasteiger partial charge is 0.573 e. The third-order valence-electron chi connectivity index (χ3n) is 4.72. The summed E-state index contributed by atoms with van der Waals surface area (Å²) in [7, 11) is 0. The van der Waals surface area contributed by atoms with Gasteiger partial charge < -0.3 is 19.9 Å². The Morgan fingerprint density at radius 2 is 1.82 bits per heavy atom. The Kier molecular flexibility index (Phi) is 6.29. The highest BCUT2D eigenvalue weighted by molar-refractivity contribution is 5.84. The molecule has 0 radical (unpaired) electrons. The Labute approximate surface area is 187 Å². The van der Waals surface area contributed by atoms with Crippen molar-refractivity contribution in [2.24, 2.45) is 0 Å². The lowest BCUT2D eigenvalue weighted by molar-refractivity contribution is -0.274. The summed E-state index contributed by atoms with van der Waals surface area (Å²) in [5, 5.41) is 6.34. The number of alkyl halides is 3. The maximum atomic E-state index is 12.4. The van der Waals surface area contributed by atoms with Crippen LogP contribution in [0.25, 0.3) is 11.2 Å². The Balaban J connectivity index is 1.57. The van der Waals surface area contributed by atoms with Crippen LogP contribution in [0.2, 0.25) is 0 Å². The van der Waals surface area contributed by atoms with Crippen LogP contribution in [0.5, 0.6) is 5.75 Å². The summed E-state index contributed by atoms with van der Waals surface area (Å²) in [5.41, 5.74) is 2.73. The van der Waals surface area contributed by atoms with Gasteiger partial charge in [-0.05, 0) is 50.2 Å². The molecule has 0 atom stereocenters. The molecule has 0 aliphatic rings. The summed E-state index contributed by atoms with van der Waals surface area (Å²) >= 11 is 0. The summed E-state index contributed by atoms with van der Waals surface area (Å²) in [4.78, 5) is 17.9. The average Bonchev–Trinajstić information content (AvgIpc) is 3.19. The van der Waals surface area contributed by atoms with Crippen LogP contribution in [0.4, 0.5) is 30.6 Å². The van der Waals surface area contributed by atoms with Crippen molar-refractivity contribution in [2.45, 2.75) is 32.7 Å². The third kappa shape index (κ3) is 5.68. The number of fused-ring (bicyclic) bond motifs is 1. The van der Waals surface area contributed by atoms with E-state index in [9.17, 15) is 13.2 Å². The van der Waals surface area contributed by atoms with Crippen LogP contribution in [0.3, 0.4) is 0 Å². The van der Waals surface area contributed by atoms with E-state index in [1.54, 1.807) is 12.5 Å². The van der Waals surface area contributed by atoms with Crippen molar-refractivity contribution in [3.63, 3.8) is 0 Å². The van der Waals surface area contributed by atoms with Gasteiger partial charge in [0.05, 0.1) is 6.33 Å². The van der Waals surface area contributed by atoms with Gasteiger partial charge in [0.15, 0.2) is 17.0 Å². The number of benzene rings is 1. The second-order valence-corrected chi connectivity index (χ2v) is 7.51. The molecular formula is C22H22F3N7O. The Morgan fingerprint density at radius 3 is 2.48 bits per heavy atom. The number of nitrogens with one attached hydrogen (secondary N) is 2. The molecule has 0 unspecified atom stereocenters. The zero-order valence-corrected chi connectivity index (χ0v) is 18.0. The van der Waals surface area contributed by atoms with Gasteiger partial charge in [-0.1, -0.05) is 6.07 Å². The molecule has 0 aliphatic carbocycles.